The Morgan fingerprint density at radius 3 is 2.39 bits per heavy atom. The van der Waals surface area contributed by atoms with E-state index in [0.29, 0.717) is 11.6 Å². The predicted octanol–water partition coefficient (Wildman–Crippen LogP) is 4.56. The lowest BCUT2D eigenvalue weighted by Gasteiger charge is -2.20. The zero-order valence-corrected chi connectivity index (χ0v) is 16.7. The van der Waals surface area contributed by atoms with Gasteiger partial charge in [0.2, 0.25) is 0 Å². The summed E-state index contributed by atoms with van der Waals surface area (Å²) >= 11 is 0. The van der Waals surface area contributed by atoms with Gasteiger partial charge in [-0.15, -0.1) is 0 Å². The highest BCUT2D eigenvalue weighted by atomic mass is 15.2. The molecule has 3 heteroatoms. The lowest BCUT2D eigenvalue weighted by molar-refractivity contribution is 0.270. The third-order valence-corrected chi connectivity index (χ3v) is 5.95. The van der Waals surface area contributed by atoms with Crippen molar-refractivity contribution in [1.29, 1.82) is 5.26 Å². The summed E-state index contributed by atoms with van der Waals surface area (Å²) in [6, 6.07) is 24.1. The van der Waals surface area contributed by atoms with Gasteiger partial charge in [0, 0.05) is 19.1 Å². The fraction of sp³-hybridized carbons (Fsp3) is 0.320. The van der Waals surface area contributed by atoms with Gasteiger partial charge in [0.05, 0.1) is 11.6 Å². The van der Waals surface area contributed by atoms with E-state index < -0.39 is 0 Å². The maximum absolute atomic E-state index is 8.96. The van der Waals surface area contributed by atoms with Crippen molar-refractivity contribution in [3.8, 4) is 17.2 Å². The average Bonchev–Trinajstić information content (AvgIpc) is 3.21. The SMILES string of the molecule is CN(C)[C@H]1CCN(CCc2ccc3cc(-c4ccc(C#N)cc4)ccc3c2)C1. The highest BCUT2D eigenvalue weighted by Gasteiger charge is 2.23. The Labute approximate surface area is 167 Å². The average molecular weight is 370 g/mol. The van der Waals surface area contributed by atoms with Crippen molar-refractivity contribution >= 4 is 10.8 Å². The molecule has 0 amide bonds. The molecule has 0 unspecified atom stereocenters. The Morgan fingerprint density at radius 2 is 1.68 bits per heavy atom. The molecular weight excluding hydrogens is 342 g/mol. The van der Waals surface area contributed by atoms with Gasteiger partial charge in [-0.25, -0.2) is 0 Å². The molecule has 3 aromatic rings. The Bertz CT molecular complexity index is 998. The number of hydrogen-bond acceptors (Lipinski definition) is 3. The minimum Gasteiger partial charge on any atom is -0.305 e. The van der Waals surface area contributed by atoms with E-state index in [1.807, 2.05) is 24.3 Å². The monoisotopic (exact) mass is 369 g/mol. The molecule has 0 bridgehead atoms. The Morgan fingerprint density at radius 1 is 0.964 bits per heavy atom. The number of likely N-dealkylation sites (tertiary alicyclic amines) is 1. The molecule has 3 nitrogen and oxygen atoms in total. The van der Waals surface area contributed by atoms with E-state index >= 15 is 0 Å². The first kappa shape index (κ1) is 18.7. The molecule has 0 saturated carbocycles. The molecule has 0 aliphatic carbocycles. The number of benzene rings is 3. The van der Waals surface area contributed by atoms with Crippen molar-refractivity contribution < 1.29 is 0 Å². The highest BCUT2D eigenvalue weighted by Crippen LogP contribution is 2.26. The van der Waals surface area contributed by atoms with E-state index in [1.165, 1.54) is 41.4 Å². The summed E-state index contributed by atoms with van der Waals surface area (Å²) in [7, 11) is 4.37. The van der Waals surface area contributed by atoms with Crippen molar-refractivity contribution in [2.75, 3.05) is 33.7 Å². The molecule has 1 aliphatic rings. The van der Waals surface area contributed by atoms with E-state index in [9.17, 15) is 0 Å². The second-order valence-electron chi connectivity index (χ2n) is 8.04. The zero-order valence-electron chi connectivity index (χ0n) is 16.7. The fourth-order valence-corrected chi connectivity index (χ4v) is 4.09. The Balaban J connectivity index is 1.45. The molecule has 1 heterocycles. The van der Waals surface area contributed by atoms with Gasteiger partial charge in [-0.05, 0) is 79.1 Å². The van der Waals surface area contributed by atoms with Gasteiger partial charge in [-0.2, -0.15) is 5.26 Å². The maximum atomic E-state index is 8.96. The van der Waals surface area contributed by atoms with Crippen LogP contribution in [0.25, 0.3) is 21.9 Å². The summed E-state index contributed by atoms with van der Waals surface area (Å²) in [6.07, 6.45) is 2.39. The van der Waals surface area contributed by atoms with Crippen molar-refractivity contribution in [2.24, 2.45) is 0 Å². The van der Waals surface area contributed by atoms with Crippen LogP contribution in [0.3, 0.4) is 0 Å². The van der Waals surface area contributed by atoms with Crippen LogP contribution in [0.1, 0.15) is 17.5 Å². The number of rotatable bonds is 5. The van der Waals surface area contributed by atoms with Crippen molar-refractivity contribution in [3.63, 3.8) is 0 Å². The number of nitrogens with zero attached hydrogens (tertiary/aromatic N) is 3. The fourth-order valence-electron chi connectivity index (χ4n) is 4.09. The molecule has 1 atom stereocenters. The summed E-state index contributed by atoms with van der Waals surface area (Å²) in [4.78, 5) is 4.93. The maximum Gasteiger partial charge on any atom is 0.0991 e. The van der Waals surface area contributed by atoms with Crippen LogP contribution in [0.4, 0.5) is 0 Å². The molecule has 4 rings (SSSR count). The lowest BCUT2D eigenvalue weighted by Crippen LogP contribution is -2.32. The molecule has 1 saturated heterocycles. The topological polar surface area (TPSA) is 30.3 Å². The van der Waals surface area contributed by atoms with Crippen molar-refractivity contribution in [1.82, 2.24) is 9.80 Å². The second-order valence-corrected chi connectivity index (χ2v) is 8.04. The lowest BCUT2D eigenvalue weighted by atomic mass is 9.98. The number of nitriles is 1. The highest BCUT2D eigenvalue weighted by molar-refractivity contribution is 5.87. The van der Waals surface area contributed by atoms with Crippen LogP contribution in [0.2, 0.25) is 0 Å². The summed E-state index contributed by atoms with van der Waals surface area (Å²) in [6.45, 7) is 3.54. The van der Waals surface area contributed by atoms with Crippen LogP contribution in [-0.4, -0.2) is 49.6 Å². The summed E-state index contributed by atoms with van der Waals surface area (Å²) < 4.78 is 0. The second kappa shape index (κ2) is 8.14. The quantitative estimate of drug-likeness (QED) is 0.661. The molecular formula is C25H27N3. The molecule has 0 spiro atoms. The summed E-state index contributed by atoms with van der Waals surface area (Å²) in [5.41, 5.74) is 4.45. The first-order valence-electron chi connectivity index (χ1n) is 10.0. The van der Waals surface area contributed by atoms with E-state index in [-0.39, 0.29) is 0 Å². The molecule has 0 N–H and O–H groups in total. The van der Waals surface area contributed by atoms with Gasteiger partial charge in [0.1, 0.15) is 0 Å². The largest absolute Gasteiger partial charge is 0.305 e. The molecule has 28 heavy (non-hydrogen) atoms. The van der Waals surface area contributed by atoms with Gasteiger partial charge in [0.15, 0.2) is 0 Å². The van der Waals surface area contributed by atoms with Gasteiger partial charge in [-0.1, -0.05) is 42.5 Å². The normalized spacial score (nSPS) is 17.3. The third-order valence-electron chi connectivity index (χ3n) is 5.95. The van der Waals surface area contributed by atoms with Crippen LogP contribution in [0.5, 0.6) is 0 Å². The number of likely N-dealkylation sites (N-methyl/N-ethyl adjacent to an activating group) is 1. The summed E-state index contributed by atoms with van der Waals surface area (Å²) in [5, 5.41) is 11.5. The standard InChI is InChI=1S/C25H27N3/c1-27(2)25-12-14-28(18-25)13-11-19-3-8-24-16-23(10-9-22(24)15-19)21-6-4-20(17-26)5-7-21/h3-10,15-16,25H,11-14,18H2,1-2H3/t25-/m0/s1. The zero-order chi connectivity index (χ0) is 19.5. The molecule has 1 aliphatic heterocycles. The molecule has 1 fully saturated rings. The van der Waals surface area contributed by atoms with E-state index in [4.69, 9.17) is 5.26 Å². The first-order chi connectivity index (χ1) is 13.6. The van der Waals surface area contributed by atoms with Gasteiger partial charge in [0.25, 0.3) is 0 Å². The van der Waals surface area contributed by atoms with Crippen LogP contribution in [0.15, 0.2) is 60.7 Å². The minimum atomic E-state index is 0.698. The first-order valence-corrected chi connectivity index (χ1v) is 10.0. The van der Waals surface area contributed by atoms with Crippen LogP contribution >= 0.6 is 0 Å². The third kappa shape index (κ3) is 4.09. The number of fused-ring (bicyclic) bond motifs is 1. The van der Waals surface area contributed by atoms with E-state index in [0.717, 1.165) is 18.5 Å². The van der Waals surface area contributed by atoms with Crippen LogP contribution in [-0.2, 0) is 6.42 Å². The van der Waals surface area contributed by atoms with Crippen LogP contribution in [0, 0.1) is 11.3 Å². The molecule has 3 aromatic carbocycles. The Hall–Kier alpha value is -2.67. The van der Waals surface area contributed by atoms with E-state index in [2.05, 4.69) is 66.4 Å². The minimum absolute atomic E-state index is 0.698. The molecule has 142 valence electrons. The number of hydrogen-bond donors (Lipinski definition) is 0. The van der Waals surface area contributed by atoms with E-state index in [1.54, 1.807) is 0 Å². The van der Waals surface area contributed by atoms with Gasteiger partial charge in [-0.3, -0.25) is 0 Å². The molecule has 0 radical (unpaired) electrons. The smallest absolute Gasteiger partial charge is 0.0991 e. The predicted molar refractivity (Wildman–Crippen MR) is 116 cm³/mol. The van der Waals surface area contributed by atoms with Gasteiger partial charge < -0.3 is 9.80 Å². The van der Waals surface area contributed by atoms with Crippen molar-refractivity contribution in [3.05, 3.63) is 71.8 Å². The van der Waals surface area contributed by atoms with Gasteiger partial charge >= 0.3 is 0 Å². The van der Waals surface area contributed by atoms with Crippen LogP contribution < -0.4 is 0 Å². The Kier molecular flexibility index (Phi) is 5.43. The summed E-state index contributed by atoms with van der Waals surface area (Å²) in [5.74, 6) is 0. The van der Waals surface area contributed by atoms with Crippen molar-refractivity contribution in [2.45, 2.75) is 18.9 Å². The molecule has 0 aromatic heterocycles.